The number of carbonyl (C=O) groups excluding carboxylic acids is 1. The molecule has 0 aliphatic carbocycles. The van der Waals surface area contributed by atoms with Gasteiger partial charge < -0.3 is 24.5 Å². The van der Waals surface area contributed by atoms with E-state index in [0.717, 1.165) is 10.8 Å². The zero-order valence-corrected chi connectivity index (χ0v) is 18.5. The van der Waals surface area contributed by atoms with Crippen molar-refractivity contribution in [2.24, 2.45) is 0 Å². The number of aromatic amines is 1. The first-order valence-electron chi connectivity index (χ1n) is 9.52. The normalized spacial score (nSPS) is 10.5. The standard InChI is InChI=1S/C22H22ClN3O6/c1-30-17-8-13(9-18(31-2)19(17)32-3)10-24-20(27)15-11-25-22(29)26(21(15)28)12-14-6-4-5-7-16(14)23/h4-9,11H,10,12H2,1-3H3,(H,24,27)(H,25,29). The summed E-state index contributed by atoms with van der Waals surface area (Å²) in [5.41, 5.74) is -0.332. The van der Waals surface area contributed by atoms with Gasteiger partial charge in [0.15, 0.2) is 11.5 Å². The molecule has 1 amide bonds. The Balaban J connectivity index is 1.84. The van der Waals surface area contributed by atoms with E-state index in [9.17, 15) is 14.4 Å². The summed E-state index contributed by atoms with van der Waals surface area (Å²) in [6.07, 6.45) is 1.10. The number of H-pyrrole nitrogens is 1. The van der Waals surface area contributed by atoms with E-state index in [-0.39, 0.29) is 18.7 Å². The van der Waals surface area contributed by atoms with Gasteiger partial charge in [-0.05, 0) is 29.3 Å². The molecule has 10 heteroatoms. The van der Waals surface area contributed by atoms with E-state index in [1.807, 2.05) is 0 Å². The van der Waals surface area contributed by atoms with Gasteiger partial charge in [-0.25, -0.2) is 4.79 Å². The zero-order chi connectivity index (χ0) is 23.3. The van der Waals surface area contributed by atoms with Gasteiger partial charge in [0, 0.05) is 17.8 Å². The van der Waals surface area contributed by atoms with E-state index in [4.69, 9.17) is 25.8 Å². The van der Waals surface area contributed by atoms with Crippen molar-refractivity contribution in [2.75, 3.05) is 21.3 Å². The van der Waals surface area contributed by atoms with Crippen LogP contribution in [0.15, 0.2) is 52.2 Å². The zero-order valence-electron chi connectivity index (χ0n) is 17.7. The number of benzene rings is 2. The summed E-state index contributed by atoms with van der Waals surface area (Å²) >= 11 is 6.13. The lowest BCUT2D eigenvalue weighted by atomic mass is 10.1. The molecule has 0 atom stereocenters. The van der Waals surface area contributed by atoms with Gasteiger partial charge >= 0.3 is 5.69 Å². The number of hydrogen-bond donors (Lipinski definition) is 2. The first-order chi connectivity index (χ1) is 15.4. The lowest BCUT2D eigenvalue weighted by molar-refractivity contribution is 0.0948. The minimum atomic E-state index is -0.726. The maximum Gasteiger partial charge on any atom is 0.328 e. The molecule has 0 bridgehead atoms. The highest BCUT2D eigenvalue weighted by Crippen LogP contribution is 2.38. The number of ether oxygens (including phenoxy) is 3. The number of methoxy groups -OCH3 is 3. The largest absolute Gasteiger partial charge is 0.493 e. The van der Waals surface area contributed by atoms with Crippen LogP contribution >= 0.6 is 11.6 Å². The van der Waals surface area contributed by atoms with Crippen molar-refractivity contribution in [3.8, 4) is 17.2 Å². The number of hydrogen-bond acceptors (Lipinski definition) is 6. The Kier molecular flexibility index (Phi) is 7.21. The molecule has 0 aliphatic rings. The maximum absolute atomic E-state index is 12.8. The Morgan fingerprint density at radius 1 is 1.06 bits per heavy atom. The third-order valence-corrected chi connectivity index (χ3v) is 5.14. The van der Waals surface area contributed by atoms with Gasteiger partial charge in [-0.15, -0.1) is 0 Å². The highest BCUT2D eigenvalue weighted by atomic mass is 35.5. The molecule has 0 unspecified atom stereocenters. The van der Waals surface area contributed by atoms with Crippen LogP contribution in [0, 0.1) is 0 Å². The molecule has 0 saturated heterocycles. The molecule has 32 heavy (non-hydrogen) atoms. The third-order valence-electron chi connectivity index (χ3n) is 4.77. The number of halogens is 1. The van der Waals surface area contributed by atoms with Crippen LogP contribution in [0.2, 0.25) is 5.02 Å². The summed E-state index contributed by atoms with van der Waals surface area (Å²) in [5, 5.41) is 3.08. The number of aromatic nitrogens is 2. The quantitative estimate of drug-likeness (QED) is 0.534. The molecule has 3 rings (SSSR count). The Hall–Kier alpha value is -3.72. The van der Waals surface area contributed by atoms with Crippen molar-refractivity contribution in [1.29, 1.82) is 0 Å². The maximum atomic E-state index is 12.8. The molecular weight excluding hydrogens is 438 g/mol. The monoisotopic (exact) mass is 459 g/mol. The predicted molar refractivity (Wildman–Crippen MR) is 119 cm³/mol. The number of amides is 1. The Bertz CT molecular complexity index is 1230. The van der Waals surface area contributed by atoms with Crippen LogP contribution in [-0.4, -0.2) is 36.8 Å². The smallest absolute Gasteiger partial charge is 0.328 e. The van der Waals surface area contributed by atoms with Crippen LogP contribution in [0.4, 0.5) is 0 Å². The minimum absolute atomic E-state index is 0.0676. The molecule has 0 saturated carbocycles. The highest BCUT2D eigenvalue weighted by molar-refractivity contribution is 6.31. The summed E-state index contributed by atoms with van der Waals surface area (Å²) in [4.78, 5) is 40.2. The molecule has 3 aromatic rings. The Morgan fingerprint density at radius 3 is 2.31 bits per heavy atom. The fourth-order valence-corrected chi connectivity index (χ4v) is 3.32. The van der Waals surface area contributed by atoms with Crippen LogP contribution in [0.3, 0.4) is 0 Å². The van der Waals surface area contributed by atoms with Crippen molar-refractivity contribution >= 4 is 17.5 Å². The lowest BCUT2D eigenvalue weighted by Gasteiger charge is -2.14. The van der Waals surface area contributed by atoms with Gasteiger partial charge in [0.1, 0.15) is 5.56 Å². The predicted octanol–water partition coefficient (Wildman–Crippen LogP) is 2.19. The van der Waals surface area contributed by atoms with E-state index < -0.39 is 17.2 Å². The second-order valence-corrected chi connectivity index (χ2v) is 7.11. The van der Waals surface area contributed by atoms with Gasteiger partial charge in [-0.1, -0.05) is 29.8 Å². The van der Waals surface area contributed by atoms with Crippen molar-refractivity contribution in [3.63, 3.8) is 0 Å². The van der Waals surface area contributed by atoms with Gasteiger partial charge in [-0.2, -0.15) is 0 Å². The third kappa shape index (κ3) is 4.78. The van der Waals surface area contributed by atoms with Crippen LogP contribution in [0.25, 0.3) is 0 Å². The SMILES string of the molecule is COc1cc(CNC(=O)c2c[nH]c(=O)n(Cc3ccccc3Cl)c2=O)cc(OC)c1OC. The molecule has 0 fully saturated rings. The lowest BCUT2D eigenvalue weighted by Crippen LogP contribution is -2.40. The summed E-state index contributed by atoms with van der Waals surface area (Å²) in [7, 11) is 4.47. The molecule has 2 N–H and O–H groups in total. The van der Waals surface area contributed by atoms with Gasteiger partial charge in [0.05, 0.1) is 27.9 Å². The van der Waals surface area contributed by atoms with Gasteiger partial charge in [-0.3, -0.25) is 14.2 Å². The minimum Gasteiger partial charge on any atom is -0.493 e. The van der Waals surface area contributed by atoms with E-state index >= 15 is 0 Å². The molecule has 0 radical (unpaired) electrons. The topological polar surface area (TPSA) is 112 Å². The van der Waals surface area contributed by atoms with Crippen molar-refractivity contribution in [2.45, 2.75) is 13.1 Å². The molecule has 0 spiro atoms. The van der Waals surface area contributed by atoms with E-state index in [2.05, 4.69) is 10.3 Å². The van der Waals surface area contributed by atoms with Crippen molar-refractivity contribution < 1.29 is 19.0 Å². The highest BCUT2D eigenvalue weighted by Gasteiger charge is 2.17. The summed E-state index contributed by atoms with van der Waals surface area (Å²) in [5.74, 6) is 0.644. The average molecular weight is 460 g/mol. The number of nitrogens with zero attached hydrogens (tertiary/aromatic N) is 1. The van der Waals surface area contributed by atoms with E-state index in [1.54, 1.807) is 36.4 Å². The molecule has 1 heterocycles. The van der Waals surface area contributed by atoms with Crippen molar-refractivity contribution in [3.05, 3.63) is 85.1 Å². The number of carbonyl (C=O) groups is 1. The van der Waals surface area contributed by atoms with Crippen LogP contribution in [0.1, 0.15) is 21.5 Å². The number of nitrogens with one attached hydrogen (secondary N) is 2. The van der Waals surface area contributed by atoms with Crippen LogP contribution in [-0.2, 0) is 13.1 Å². The van der Waals surface area contributed by atoms with Crippen LogP contribution < -0.4 is 30.8 Å². The van der Waals surface area contributed by atoms with Gasteiger partial charge in [0.2, 0.25) is 5.75 Å². The number of rotatable bonds is 8. The molecule has 168 valence electrons. The van der Waals surface area contributed by atoms with Gasteiger partial charge in [0.25, 0.3) is 11.5 Å². The average Bonchev–Trinajstić information content (AvgIpc) is 2.80. The van der Waals surface area contributed by atoms with Crippen LogP contribution in [0.5, 0.6) is 17.2 Å². The molecule has 9 nitrogen and oxygen atoms in total. The Morgan fingerprint density at radius 2 is 1.72 bits per heavy atom. The molecule has 0 aliphatic heterocycles. The molecule has 2 aromatic carbocycles. The van der Waals surface area contributed by atoms with E-state index in [0.29, 0.717) is 33.4 Å². The first-order valence-corrected chi connectivity index (χ1v) is 9.90. The second kappa shape index (κ2) is 10.1. The Labute approximate surface area is 188 Å². The van der Waals surface area contributed by atoms with Crippen molar-refractivity contribution in [1.82, 2.24) is 14.9 Å². The van der Waals surface area contributed by atoms with E-state index in [1.165, 1.54) is 21.3 Å². The summed E-state index contributed by atoms with van der Waals surface area (Å²) < 4.78 is 16.8. The first kappa shape index (κ1) is 23.0. The molecular formula is C22H22ClN3O6. The second-order valence-electron chi connectivity index (χ2n) is 6.71. The molecule has 1 aromatic heterocycles. The summed E-state index contributed by atoms with van der Waals surface area (Å²) in [6.45, 7) is 0.0144. The summed E-state index contributed by atoms with van der Waals surface area (Å²) in [6, 6.07) is 10.2. The fourth-order valence-electron chi connectivity index (χ4n) is 3.13. The fraction of sp³-hybridized carbons (Fsp3) is 0.227.